The Labute approximate surface area is 127 Å². The van der Waals surface area contributed by atoms with Gasteiger partial charge in [-0.1, -0.05) is 0 Å². The maximum absolute atomic E-state index is 13.3. The molecule has 0 spiro atoms. The Balaban J connectivity index is 1.82. The second-order valence-electron chi connectivity index (χ2n) is 5.75. The van der Waals surface area contributed by atoms with Crippen LogP contribution in [0.25, 0.3) is 10.1 Å². The van der Waals surface area contributed by atoms with E-state index in [2.05, 4.69) is 17.6 Å². The minimum atomic E-state index is -0.262. The average molecular weight is 306 g/mol. The predicted molar refractivity (Wildman–Crippen MR) is 84.5 cm³/mol. The van der Waals surface area contributed by atoms with Gasteiger partial charge in [-0.05, 0) is 62.4 Å². The van der Waals surface area contributed by atoms with Crippen molar-refractivity contribution in [3.63, 3.8) is 0 Å². The van der Waals surface area contributed by atoms with E-state index in [0.29, 0.717) is 10.9 Å². The molecule has 2 atom stereocenters. The summed E-state index contributed by atoms with van der Waals surface area (Å²) in [6, 6.07) is 5.33. The first-order valence-electron chi connectivity index (χ1n) is 7.27. The van der Waals surface area contributed by atoms with E-state index in [1.807, 2.05) is 6.92 Å². The second-order valence-corrected chi connectivity index (χ2v) is 6.80. The van der Waals surface area contributed by atoms with Crippen LogP contribution in [-0.2, 0) is 0 Å². The number of benzene rings is 1. The van der Waals surface area contributed by atoms with Crippen LogP contribution in [0, 0.1) is 12.7 Å². The molecule has 21 heavy (non-hydrogen) atoms. The Bertz CT molecular complexity index is 682. The first kappa shape index (κ1) is 14.5. The van der Waals surface area contributed by atoms with Gasteiger partial charge in [0.15, 0.2) is 0 Å². The van der Waals surface area contributed by atoms with Crippen LogP contribution in [0.1, 0.15) is 35.0 Å². The third-order valence-electron chi connectivity index (χ3n) is 4.06. The smallest absolute Gasteiger partial charge is 0.261 e. The number of piperidine rings is 1. The van der Waals surface area contributed by atoms with Gasteiger partial charge in [0.05, 0.1) is 4.88 Å². The summed E-state index contributed by atoms with van der Waals surface area (Å²) in [5.41, 5.74) is 0.869. The van der Waals surface area contributed by atoms with Crippen LogP contribution in [0.4, 0.5) is 4.39 Å². The molecule has 5 heteroatoms. The fourth-order valence-corrected chi connectivity index (χ4v) is 4.02. The summed E-state index contributed by atoms with van der Waals surface area (Å²) >= 11 is 1.44. The molecule has 1 aromatic heterocycles. The minimum Gasteiger partial charge on any atom is -0.348 e. The monoisotopic (exact) mass is 306 g/mol. The van der Waals surface area contributed by atoms with E-state index >= 15 is 0 Å². The topological polar surface area (TPSA) is 41.1 Å². The number of hydrogen-bond donors (Lipinski definition) is 2. The molecule has 1 aromatic carbocycles. The molecule has 3 rings (SSSR count). The molecular weight excluding hydrogens is 287 g/mol. The van der Waals surface area contributed by atoms with Crippen LogP contribution < -0.4 is 10.6 Å². The van der Waals surface area contributed by atoms with E-state index in [9.17, 15) is 9.18 Å². The zero-order valence-electron chi connectivity index (χ0n) is 12.2. The summed E-state index contributed by atoms with van der Waals surface area (Å²) in [5, 5.41) is 7.33. The van der Waals surface area contributed by atoms with Crippen molar-refractivity contribution in [3.8, 4) is 0 Å². The van der Waals surface area contributed by atoms with Crippen LogP contribution in [0.2, 0.25) is 0 Å². The van der Waals surface area contributed by atoms with Gasteiger partial charge in [0.1, 0.15) is 5.82 Å². The summed E-state index contributed by atoms with van der Waals surface area (Å²) in [7, 11) is 0. The molecule has 1 aliphatic heterocycles. The van der Waals surface area contributed by atoms with E-state index in [1.165, 1.54) is 23.5 Å². The van der Waals surface area contributed by atoms with Crippen LogP contribution >= 0.6 is 11.3 Å². The summed E-state index contributed by atoms with van der Waals surface area (Å²) < 4.78 is 14.3. The number of nitrogens with one attached hydrogen (secondary N) is 2. The first-order chi connectivity index (χ1) is 10.0. The molecule has 0 aliphatic carbocycles. The van der Waals surface area contributed by atoms with Crippen molar-refractivity contribution >= 4 is 27.3 Å². The molecule has 2 N–H and O–H groups in total. The van der Waals surface area contributed by atoms with Crippen molar-refractivity contribution < 1.29 is 9.18 Å². The van der Waals surface area contributed by atoms with Crippen LogP contribution in [0.5, 0.6) is 0 Å². The molecule has 2 aromatic rings. The van der Waals surface area contributed by atoms with Gasteiger partial charge in [-0.3, -0.25) is 4.79 Å². The van der Waals surface area contributed by atoms with Gasteiger partial charge in [0, 0.05) is 16.8 Å². The first-order valence-corrected chi connectivity index (χ1v) is 8.09. The van der Waals surface area contributed by atoms with Crippen LogP contribution in [0.15, 0.2) is 18.2 Å². The highest BCUT2D eigenvalue weighted by atomic mass is 32.1. The van der Waals surface area contributed by atoms with E-state index in [0.717, 1.165) is 35.0 Å². The largest absolute Gasteiger partial charge is 0.348 e. The summed E-state index contributed by atoms with van der Waals surface area (Å²) in [5.74, 6) is -0.296. The van der Waals surface area contributed by atoms with Gasteiger partial charge < -0.3 is 10.6 Å². The number of hydrogen-bond acceptors (Lipinski definition) is 3. The molecule has 3 nitrogen and oxygen atoms in total. The Hall–Kier alpha value is -1.46. The van der Waals surface area contributed by atoms with Gasteiger partial charge in [0.2, 0.25) is 0 Å². The third-order valence-corrected chi connectivity index (χ3v) is 5.33. The van der Waals surface area contributed by atoms with Crippen molar-refractivity contribution in [1.29, 1.82) is 0 Å². The van der Waals surface area contributed by atoms with E-state index < -0.39 is 0 Å². The Morgan fingerprint density at radius 2 is 2.29 bits per heavy atom. The molecule has 1 fully saturated rings. The molecule has 1 saturated heterocycles. The number of aryl methyl sites for hydroxylation is 1. The van der Waals surface area contributed by atoms with Crippen LogP contribution in [0.3, 0.4) is 0 Å². The van der Waals surface area contributed by atoms with E-state index in [4.69, 9.17) is 0 Å². The molecular formula is C16H19FN2OS. The lowest BCUT2D eigenvalue weighted by Crippen LogP contribution is -2.46. The minimum absolute atomic E-state index is 0.0341. The fraction of sp³-hybridized carbons (Fsp3) is 0.438. The number of rotatable bonds is 2. The maximum atomic E-state index is 13.3. The quantitative estimate of drug-likeness (QED) is 0.894. The number of amides is 1. The molecule has 2 heterocycles. The standard InChI is InChI=1S/C16H19FN2OS/c1-9-7-12(5-6-18-9)19-16(20)15-10(2)13-8-11(17)3-4-14(13)21-15/h3-4,8-9,12,18H,5-7H2,1-2H3,(H,19,20). The van der Waals surface area contributed by atoms with Crippen molar-refractivity contribution in [1.82, 2.24) is 10.6 Å². The number of carbonyl (C=O) groups is 1. The summed E-state index contributed by atoms with van der Waals surface area (Å²) in [4.78, 5) is 13.2. The van der Waals surface area contributed by atoms with Crippen molar-refractivity contribution in [2.24, 2.45) is 0 Å². The molecule has 0 saturated carbocycles. The van der Waals surface area contributed by atoms with Gasteiger partial charge >= 0.3 is 0 Å². The number of halogens is 1. The van der Waals surface area contributed by atoms with Gasteiger partial charge in [-0.15, -0.1) is 11.3 Å². The van der Waals surface area contributed by atoms with Gasteiger partial charge in [-0.2, -0.15) is 0 Å². The SMILES string of the molecule is Cc1c(C(=O)NC2CCNC(C)C2)sc2ccc(F)cc12. The Kier molecular flexibility index (Phi) is 3.95. The lowest BCUT2D eigenvalue weighted by molar-refractivity contribution is 0.0929. The number of carbonyl (C=O) groups excluding carboxylic acids is 1. The van der Waals surface area contributed by atoms with Crippen molar-refractivity contribution in [2.45, 2.75) is 38.8 Å². The highest BCUT2D eigenvalue weighted by Crippen LogP contribution is 2.31. The second kappa shape index (κ2) is 5.73. The van der Waals surface area contributed by atoms with Crippen molar-refractivity contribution in [2.75, 3.05) is 6.54 Å². The average Bonchev–Trinajstić information content (AvgIpc) is 2.76. The molecule has 112 valence electrons. The maximum Gasteiger partial charge on any atom is 0.261 e. The normalized spacial score (nSPS) is 22.4. The highest BCUT2D eigenvalue weighted by Gasteiger charge is 2.22. The summed E-state index contributed by atoms with van der Waals surface area (Å²) in [6.45, 7) is 4.95. The van der Waals surface area contributed by atoms with Gasteiger partial charge in [0.25, 0.3) is 5.91 Å². The van der Waals surface area contributed by atoms with Crippen molar-refractivity contribution in [3.05, 3.63) is 34.5 Å². The predicted octanol–water partition coefficient (Wildman–Crippen LogP) is 3.22. The van der Waals surface area contributed by atoms with E-state index in [-0.39, 0.29) is 17.8 Å². The zero-order chi connectivity index (χ0) is 15.0. The fourth-order valence-electron chi connectivity index (χ4n) is 2.92. The highest BCUT2D eigenvalue weighted by molar-refractivity contribution is 7.21. The number of fused-ring (bicyclic) bond motifs is 1. The third kappa shape index (κ3) is 2.94. The summed E-state index contributed by atoms with van der Waals surface area (Å²) in [6.07, 6.45) is 1.90. The van der Waals surface area contributed by atoms with Crippen LogP contribution in [-0.4, -0.2) is 24.5 Å². The molecule has 0 bridgehead atoms. The number of thiophene rings is 1. The lowest BCUT2D eigenvalue weighted by Gasteiger charge is -2.28. The molecule has 0 radical (unpaired) electrons. The Morgan fingerprint density at radius 1 is 1.48 bits per heavy atom. The Morgan fingerprint density at radius 3 is 3.05 bits per heavy atom. The zero-order valence-corrected chi connectivity index (χ0v) is 13.0. The molecule has 2 unspecified atom stereocenters. The molecule has 1 aliphatic rings. The lowest BCUT2D eigenvalue weighted by atomic mass is 10.0. The van der Waals surface area contributed by atoms with Gasteiger partial charge in [-0.25, -0.2) is 4.39 Å². The molecule has 1 amide bonds. The van der Waals surface area contributed by atoms with E-state index in [1.54, 1.807) is 6.07 Å².